The Morgan fingerprint density at radius 3 is 1.50 bits per heavy atom. The molecule has 0 aliphatic rings. The maximum Gasteiger partial charge on any atom is 0.0606 e. The molecule has 2 aromatic carbocycles. The summed E-state index contributed by atoms with van der Waals surface area (Å²) in [5.74, 6) is 0. The maximum absolute atomic E-state index is 9.11. The van der Waals surface area contributed by atoms with E-state index in [0.29, 0.717) is 13.1 Å². The fourth-order valence-electron chi connectivity index (χ4n) is 2.62. The van der Waals surface area contributed by atoms with Crippen molar-refractivity contribution < 1.29 is 10.2 Å². The van der Waals surface area contributed by atoms with Crippen LogP contribution in [0.1, 0.15) is 11.1 Å². The van der Waals surface area contributed by atoms with Crippen LogP contribution in [0.5, 0.6) is 0 Å². The molecule has 0 saturated carbocycles. The number of rotatable bonds is 9. The second-order valence-corrected chi connectivity index (χ2v) is 6.23. The van der Waals surface area contributed by atoms with E-state index in [4.69, 9.17) is 10.2 Å². The van der Waals surface area contributed by atoms with Gasteiger partial charge in [-0.15, -0.1) is 0 Å². The first kappa shape index (κ1) is 19.8. The van der Waals surface area contributed by atoms with Crippen LogP contribution in [0.25, 0.3) is 12.2 Å². The Kier molecular flexibility index (Phi) is 7.93. The summed E-state index contributed by atoms with van der Waals surface area (Å²) in [6.07, 6.45) is 8.18. The van der Waals surface area contributed by atoms with E-state index in [-0.39, 0.29) is 13.2 Å². The number of aliphatic hydroxyl groups is 2. The molecular weight excluding hydrogens is 324 g/mol. The molecule has 0 aromatic heterocycles. The van der Waals surface area contributed by atoms with E-state index in [1.165, 1.54) is 11.3 Å². The van der Waals surface area contributed by atoms with Crippen molar-refractivity contribution >= 4 is 23.5 Å². The molecule has 4 nitrogen and oxygen atoms in total. The van der Waals surface area contributed by atoms with Crippen molar-refractivity contribution in [3.05, 3.63) is 71.8 Å². The van der Waals surface area contributed by atoms with Crippen molar-refractivity contribution in [2.75, 3.05) is 50.2 Å². The maximum atomic E-state index is 9.11. The van der Waals surface area contributed by atoms with Crippen molar-refractivity contribution in [2.24, 2.45) is 0 Å². The minimum Gasteiger partial charge on any atom is -0.395 e. The van der Waals surface area contributed by atoms with Crippen LogP contribution in [-0.2, 0) is 0 Å². The Bertz CT molecular complexity index is 698. The number of allylic oxidation sites excluding steroid dienone is 2. The van der Waals surface area contributed by atoms with Crippen LogP contribution in [0, 0.1) is 0 Å². The second-order valence-electron chi connectivity index (χ2n) is 6.23. The summed E-state index contributed by atoms with van der Waals surface area (Å²) in [5.41, 5.74) is 4.46. The summed E-state index contributed by atoms with van der Waals surface area (Å²) in [7, 11) is 4.07. The third-order valence-corrected chi connectivity index (χ3v) is 4.10. The van der Waals surface area contributed by atoms with E-state index >= 15 is 0 Å². The van der Waals surface area contributed by atoms with Crippen LogP contribution in [0.2, 0.25) is 0 Å². The molecular formula is C22H28N2O2. The van der Waals surface area contributed by atoms with Gasteiger partial charge in [0.05, 0.1) is 13.2 Å². The van der Waals surface area contributed by atoms with E-state index in [1.807, 2.05) is 55.4 Å². The van der Waals surface area contributed by atoms with E-state index in [1.54, 1.807) is 0 Å². The van der Waals surface area contributed by atoms with E-state index < -0.39 is 0 Å². The monoisotopic (exact) mass is 352 g/mol. The quantitative estimate of drug-likeness (QED) is 0.680. The van der Waals surface area contributed by atoms with Crippen LogP contribution in [0.4, 0.5) is 11.4 Å². The smallest absolute Gasteiger partial charge is 0.0606 e. The molecule has 2 N–H and O–H groups in total. The zero-order valence-corrected chi connectivity index (χ0v) is 15.5. The normalized spacial score (nSPS) is 11.4. The minimum atomic E-state index is 0.0714. The molecule has 0 fully saturated rings. The molecule has 2 rings (SSSR count). The number of nitrogens with zero attached hydrogens (tertiary/aromatic N) is 2. The summed E-state index contributed by atoms with van der Waals surface area (Å²) in [6.45, 7) is 1.18. The summed E-state index contributed by atoms with van der Waals surface area (Å²) < 4.78 is 0. The Labute approximate surface area is 156 Å². The highest BCUT2D eigenvalue weighted by molar-refractivity contribution is 5.61. The van der Waals surface area contributed by atoms with Crippen LogP contribution in [0.3, 0.4) is 0 Å². The first-order valence-corrected chi connectivity index (χ1v) is 8.83. The van der Waals surface area contributed by atoms with Gasteiger partial charge in [-0.2, -0.15) is 0 Å². The molecule has 0 spiro atoms. The molecule has 0 atom stereocenters. The van der Waals surface area contributed by atoms with E-state index in [9.17, 15) is 0 Å². The predicted molar refractivity (Wildman–Crippen MR) is 112 cm³/mol. The topological polar surface area (TPSA) is 46.9 Å². The molecule has 0 aliphatic heterocycles. The first-order valence-electron chi connectivity index (χ1n) is 8.83. The third kappa shape index (κ3) is 6.06. The zero-order valence-electron chi connectivity index (χ0n) is 15.5. The van der Waals surface area contributed by atoms with Crippen molar-refractivity contribution in [1.29, 1.82) is 0 Å². The molecule has 0 heterocycles. The first-order chi connectivity index (χ1) is 12.6. The molecule has 26 heavy (non-hydrogen) atoms. The van der Waals surface area contributed by atoms with Gasteiger partial charge in [0.2, 0.25) is 0 Å². The molecule has 0 aliphatic carbocycles. The van der Waals surface area contributed by atoms with Crippen molar-refractivity contribution in [1.82, 2.24) is 0 Å². The number of aliphatic hydroxyl groups excluding tert-OH is 2. The fraction of sp³-hybridized carbons (Fsp3) is 0.273. The number of anilines is 2. The Morgan fingerprint density at radius 1 is 0.692 bits per heavy atom. The van der Waals surface area contributed by atoms with Gasteiger partial charge in [0.25, 0.3) is 0 Å². The predicted octanol–water partition coefficient (Wildman–Crippen LogP) is 3.27. The highest BCUT2D eigenvalue weighted by Gasteiger charge is 2.04. The Morgan fingerprint density at radius 2 is 1.12 bits per heavy atom. The highest BCUT2D eigenvalue weighted by atomic mass is 16.3. The average molecular weight is 352 g/mol. The van der Waals surface area contributed by atoms with Gasteiger partial charge in [0, 0.05) is 38.6 Å². The average Bonchev–Trinajstić information content (AvgIpc) is 2.66. The van der Waals surface area contributed by atoms with Gasteiger partial charge in [-0.25, -0.2) is 0 Å². The Hall–Kier alpha value is -2.56. The van der Waals surface area contributed by atoms with Gasteiger partial charge in [-0.05, 0) is 35.4 Å². The molecule has 138 valence electrons. The van der Waals surface area contributed by atoms with Gasteiger partial charge in [-0.1, -0.05) is 48.6 Å². The van der Waals surface area contributed by atoms with Crippen molar-refractivity contribution in [3.63, 3.8) is 0 Å². The highest BCUT2D eigenvalue weighted by Crippen LogP contribution is 2.16. The molecule has 0 radical (unpaired) electrons. The standard InChI is InChI=1S/C22H28N2O2/c1-23(2)21-11-7-19(8-12-21)5-3-4-6-20-9-13-22(14-10-20)24(15-17-25)16-18-26/h3-14,25-26H,15-18H2,1-2H3. The van der Waals surface area contributed by atoms with E-state index in [2.05, 4.69) is 41.3 Å². The van der Waals surface area contributed by atoms with Gasteiger partial charge < -0.3 is 20.0 Å². The number of benzene rings is 2. The van der Waals surface area contributed by atoms with Gasteiger partial charge in [0.1, 0.15) is 0 Å². The third-order valence-electron chi connectivity index (χ3n) is 4.10. The van der Waals surface area contributed by atoms with Crippen LogP contribution in [0.15, 0.2) is 60.7 Å². The number of hydrogen-bond acceptors (Lipinski definition) is 4. The summed E-state index contributed by atoms with van der Waals surface area (Å²) in [4.78, 5) is 4.05. The van der Waals surface area contributed by atoms with Crippen molar-refractivity contribution in [2.45, 2.75) is 0 Å². The molecule has 0 bridgehead atoms. The fourth-order valence-corrected chi connectivity index (χ4v) is 2.62. The lowest BCUT2D eigenvalue weighted by Gasteiger charge is -2.22. The van der Waals surface area contributed by atoms with Crippen molar-refractivity contribution in [3.8, 4) is 0 Å². The molecule has 0 saturated heterocycles. The van der Waals surface area contributed by atoms with Gasteiger partial charge in [0.15, 0.2) is 0 Å². The summed E-state index contributed by atoms with van der Waals surface area (Å²) in [5, 5.41) is 18.2. The Balaban J connectivity index is 1.95. The molecule has 4 heteroatoms. The SMILES string of the molecule is CN(C)c1ccc(C=CC=Cc2ccc(N(CCO)CCO)cc2)cc1. The van der Waals surface area contributed by atoms with Crippen LogP contribution < -0.4 is 9.80 Å². The lowest BCUT2D eigenvalue weighted by molar-refractivity contribution is 0.281. The lowest BCUT2D eigenvalue weighted by Crippen LogP contribution is -2.29. The molecule has 2 aromatic rings. The molecule has 0 amide bonds. The minimum absolute atomic E-state index is 0.0714. The summed E-state index contributed by atoms with van der Waals surface area (Å²) >= 11 is 0. The van der Waals surface area contributed by atoms with Gasteiger partial charge in [-0.3, -0.25) is 0 Å². The zero-order chi connectivity index (χ0) is 18.8. The van der Waals surface area contributed by atoms with E-state index in [0.717, 1.165) is 11.3 Å². The number of hydrogen-bond donors (Lipinski definition) is 2. The lowest BCUT2D eigenvalue weighted by atomic mass is 10.1. The largest absolute Gasteiger partial charge is 0.395 e. The molecule has 0 unspecified atom stereocenters. The summed E-state index contributed by atoms with van der Waals surface area (Å²) in [6, 6.07) is 16.5. The van der Waals surface area contributed by atoms with Crippen LogP contribution in [-0.4, -0.2) is 50.6 Å². The second kappa shape index (κ2) is 10.4. The van der Waals surface area contributed by atoms with Crippen LogP contribution >= 0.6 is 0 Å². The van der Waals surface area contributed by atoms with Gasteiger partial charge >= 0.3 is 0 Å².